The van der Waals surface area contributed by atoms with Gasteiger partial charge < -0.3 is 10.1 Å². The molecule has 4 aromatic rings. The number of amides is 1. The molecule has 0 aliphatic heterocycles. The zero-order valence-electron chi connectivity index (χ0n) is 18.0. The molecule has 4 rings (SSSR count). The van der Waals surface area contributed by atoms with Crippen LogP contribution in [-0.2, 0) is 13.2 Å². The van der Waals surface area contributed by atoms with Gasteiger partial charge in [0.2, 0.25) is 0 Å². The summed E-state index contributed by atoms with van der Waals surface area (Å²) < 4.78 is 7.66. The number of halogens is 1. The maximum Gasteiger partial charge on any atom is 0.255 e. The van der Waals surface area contributed by atoms with Crippen molar-refractivity contribution in [1.82, 2.24) is 9.78 Å². The maximum atomic E-state index is 12.8. The Morgan fingerprint density at radius 1 is 1.06 bits per heavy atom. The van der Waals surface area contributed by atoms with E-state index in [9.17, 15) is 4.79 Å². The molecule has 0 spiro atoms. The van der Waals surface area contributed by atoms with Crippen molar-refractivity contribution in [3.8, 4) is 5.75 Å². The van der Waals surface area contributed by atoms with Gasteiger partial charge in [-0.1, -0.05) is 54.1 Å². The van der Waals surface area contributed by atoms with Crippen molar-refractivity contribution in [3.05, 3.63) is 112 Å². The largest absolute Gasteiger partial charge is 0.487 e. The average molecular weight is 446 g/mol. The fourth-order valence-electron chi connectivity index (χ4n) is 3.36. The third-order valence-electron chi connectivity index (χ3n) is 5.15. The molecular weight excluding hydrogens is 422 g/mol. The molecule has 1 amide bonds. The number of anilines is 1. The second-order valence-electron chi connectivity index (χ2n) is 7.73. The highest BCUT2D eigenvalue weighted by Crippen LogP contribution is 2.26. The van der Waals surface area contributed by atoms with E-state index in [1.54, 1.807) is 12.3 Å². The SMILES string of the molecule is Cc1ccc(Cl)c(OCc2cccc(C(=O)Nc3cnn(Cc4ccccc4C)c3)c2)c1. The van der Waals surface area contributed by atoms with Gasteiger partial charge in [0.1, 0.15) is 12.4 Å². The lowest BCUT2D eigenvalue weighted by Gasteiger charge is -2.10. The number of hydrogen-bond acceptors (Lipinski definition) is 3. The van der Waals surface area contributed by atoms with Crippen LogP contribution in [0, 0.1) is 13.8 Å². The second kappa shape index (κ2) is 9.71. The number of ether oxygens (including phenoxy) is 1. The minimum atomic E-state index is -0.198. The van der Waals surface area contributed by atoms with Crippen molar-refractivity contribution < 1.29 is 9.53 Å². The Morgan fingerprint density at radius 3 is 2.75 bits per heavy atom. The van der Waals surface area contributed by atoms with Gasteiger partial charge in [-0.3, -0.25) is 9.48 Å². The minimum absolute atomic E-state index is 0.198. The Kier molecular flexibility index (Phi) is 6.57. The summed E-state index contributed by atoms with van der Waals surface area (Å²) in [6, 6.07) is 21.2. The van der Waals surface area contributed by atoms with Gasteiger partial charge in [-0.05, 0) is 60.4 Å². The smallest absolute Gasteiger partial charge is 0.255 e. The molecular formula is C26H24ClN3O2. The number of aromatic nitrogens is 2. The Bertz CT molecular complexity index is 1250. The molecule has 162 valence electrons. The lowest BCUT2D eigenvalue weighted by molar-refractivity contribution is 0.102. The van der Waals surface area contributed by atoms with E-state index >= 15 is 0 Å². The average Bonchev–Trinajstić information content (AvgIpc) is 3.23. The van der Waals surface area contributed by atoms with Gasteiger partial charge >= 0.3 is 0 Å². The molecule has 3 aromatic carbocycles. The summed E-state index contributed by atoms with van der Waals surface area (Å²) in [5, 5.41) is 7.84. The summed E-state index contributed by atoms with van der Waals surface area (Å²) in [4.78, 5) is 12.8. The predicted molar refractivity (Wildman–Crippen MR) is 127 cm³/mol. The lowest BCUT2D eigenvalue weighted by Crippen LogP contribution is -2.12. The zero-order valence-corrected chi connectivity index (χ0v) is 18.8. The Hall–Kier alpha value is -3.57. The van der Waals surface area contributed by atoms with Crippen molar-refractivity contribution >= 4 is 23.2 Å². The second-order valence-corrected chi connectivity index (χ2v) is 8.14. The standard InChI is InChI=1S/C26H24ClN3O2/c1-18-10-11-24(27)25(12-18)32-17-20-7-5-9-21(13-20)26(31)29-23-14-28-30(16-23)15-22-8-4-3-6-19(22)2/h3-14,16H,15,17H2,1-2H3,(H,29,31). The van der Waals surface area contributed by atoms with Gasteiger partial charge in [0.15, 0.2) is 0 Å². The fraction of sp³-hybridized carbons (Fsp3) is 0.154. The molecule has 6 heteroatoms. The lowest BCUT2D eigenvalue weighted by atomic mass is 10.1. The first-order valence-electron chi connectivity index (χ1n) is 10.3. The van der Waals surface area contributed by atoms with Crippen LogP contribution in [0.1, 0.15) is 32.6 Å². The van der Waals surface area contributed by atoms with Gasteiger partial charge in [-0.15, -0.1) is 0 Å². The Balaban J connectivity index is 1.39. The van der Waals surface area contributed by atoms with E-state index < -0.39 is 0 Å². The Morgan fingerprint density at radius 2 is 1.91 bits per heavy atom. The van der Waals surface area contributed by atoms with Crippen molar-refractivity contribution in [2.75, 3.05) is 5.32 Å². The number of benzene rings is 3. The first-order valence-corrected chi connectivity index (χ1v) is 10.7. The monoisotopic (exact) mass is 445 g/mol. The highest BCUT2D eigenvalue weighted by Gasteiger charge is 2.10. The van der Waals surface area contributed by atoms with Crippen LogP contribution in [0.2, 0.25) is 5.02 Å². The van der Waals surface area contributed by atoms with E-state index in [0.717, 1.165) is 11.1 Å². The van der Waals surface area contributed by atoms with Crippen LogP contribution in [0.15, 0.2) is 79.1 Å². The van der Waals surface area contributed by atoms with E-state index in [4.69, 9.17) is 16.3 Å². The number of nitrogens with one attached hydrogen (secondary N) is 1. The predicted octanol–water partition coefficient (Wildman–Crippen LogP) is 6.03. The first kappa shape index (κ1) is 21.7. The third kappa shape index (κ3) is 5.37. The molecule has 0 aliphatic rings. The number of carbonyl (C=O) groups is 1. The number of nitrogens with zero attached hydrogens (tertiary/aromatic N) is 2. The molecule has 1 heterocycles. The van der Waals surface area contributed by atoms with Crippen molar-refractivity contribution in [1.29, 1.82) is 0 Å². The van der Waals surface area contributed by atoms with E-state index in [-0.39, 0.29) is 5.91 Å². The Labute approximate surface area is 192 Å². The minimum Gasteiger partial charge on any atom is -0.487 e. The molecule has 0 bridgehead atoms. The van der Waals surface area contributed by atoms with E-state index in [1.807, 2.05) is 66.3 Å². The van der Waals surface area contributed by atoms with Crippen LogP contribution in [0.5, 0.6) is 5.75 Å². The van der Waals surface area contributed by atoms with Crippen LogP contribution in [0.25, 0.3) is 0 Å². The van der Waals surface area contributed by atoms with Crippen molar-refractivity contribution in [2.45, 2.75) is 27.0 Å². The first-order chi connectivity index (χ1) is 15.5. The highest BCUT2D eigenvalue weighted by molar-refractivity contribution is 6.32. The van der Waals surface area contributed by atoms with Crippen LogP contribution < -0.4 is 10.1 Å². The van der Waals surface area contributed by atoms with Crippen LogP contribution in [0.3, 0.4) is 0 Å². The number of hydrogen-bond donors (Lipinski definition) is 1. The maximum absolute atomic E-state index is 12.8. The van der Waals surface area contributed by atoms with Crippen molar-refractivity contribution in [3.63, 3.8) is 0 Å². The van der Waals surface area contributed by atoms with Gasteiger partial charge in [-0.2, -0.15) is 5.10 Å². The molecule has 0 saturated heterocycles. The molecule has 0 aliphatic carbocycles. The molecule has 0 unspecified atom stereocenters. The summed E-state index contributed by atoms with van der Waals surface area (Å²) in [5.41, 5.74) is 5.55. The fourth-order valence-corrected chi connectivity index (χ4v) is 3.54. The summed E-state index contributed by atoms with van der Waals surface area (Å²) >= 11 is 6.20. The van der Waals surface area contributed by atoms with E-state index in [2.05, 4.69) is 29.5 Å². The molecule has 1 aromatic heterocycles. The zero-order chi connectivity index (χ0) is 22.5. The molecule has 5 nitrogen and oxygen atoms in total. The van der Waals surface area contributed by atoms with Crippen LogP contribution >= 0.6 is 11.6 Å². The summed E-state index contributed by atoms with van der Waals surface area (Å²) in [7, 11) is 0. The van der Waals surface area contributed by atoms with Crippen LogP contribution in [-0.4, -0.2) is 15.7 Å². The molecule has 0 saturated carbocycles. The van der Waals surface area contributed by atoms with Gasteiger partial charge in [0.05, 0.1) is 23.5 Å². The number of aryl methyl sites for hydroxylation is 2. The topological polar surface area (TPSA) is 56.1 Å². The summed E-state index contributed by atoms with van der Waals surface area (Å²) in [6.07, 6.45) is 3.49. The van der Waals surface area contributed by atoms with E-state index in [0.29, 0.717) is 35.2 Å². The molecule has 32 heavy (non-hydrogen) atoms. The molecule has 1 N–H and O–H groups in total. The summed E-state index contributed by atoms with van der Waals surface area (Å²) in [6.45, 7) is 5.03. The van der Waals surface area contributed by atoms with Crippen molar-refractivity contribution in [2.24, 2.45) is 0 Å². The molecule has 0 atom stereocenters. The van der Waals surface area contributed by atoms with Gasteiger partial charge in [0, 0.05) is 11.8 Å². The van der Waals surface area contributed by atoms with Crippen LogP contribution in [0.4, 0.5) is 5.69 Å². The van der Waals surface area contributed by atoms with Gasteiger partial charge in [0.25, 0.3) is 5.91 Å². The normalized spacial score (nSPS) is 10.7. The number of carbonyl (C=O) groups excluding carboxylic acids is 1. The third-order valence-corrected chi connectivity index (χ3v) is 5.47. The quantitative estimate of drug-likeness (QED) is 0.377. The highest BCUT2D eigenvalue weighted by atomic mass is 35.5. The molecule has 0 radical (unpaired) electrons. The molecule has 0 fully saturated rings. The summed E-state index contributed by atoms with van der Waals surface area (Å²) in [5.74, 6) is 0.429. The van der Waals surface area contributed by atoms with E-state index in [1.165, 1.54) is 11.1 Å². The number of rotatable bonds is 7. The van der Waals surface area contributed by atoms with Gasteiger partial charge in [-0.25, -0.2) is 0 Å².